The van der Waals surface area contributed by atoms with Crippen molar-refractivity contribution in [2.75, 3.05) is 31.2 Å². The first-order chi connectivity index (χ1) is 8.29. The number of pyridine rings is 1. The van der Waals surface area contributed by atoms with Gasteiger partial charge in [-0.25, -0.2) is 0 Å². The van der Waals surface area contributed by atoms with Crippen LogP contribution in [0.3, 0.4) is 0 Å². The Balaban J connectivity index is 1.84. The SMILES string of the molecule is CCOCC1CCN(c2ccc(C)nc2)CC1. The number of anilines is 1. The number of piperidine rings is 1. The number of hydrogen-bond acceptors (Lipinski definition) is 3. The van der Waals surface area contributed by atoms with Crippen molar-refractivity contribution in [2.24, 2.45) is 5.92 Å². The van der Waals surface area contributed by atoms with Crippen molar-refractivity contribution in [2.45, 2.75) is 26.7 Å². The largest absolute Gasteiger partial charge is 0.381 e. The van der Waals surface area contributed by atoms with E-state index in [1.54, 1.807) is 0 Å². The van der Waals surface area contributed by atoms with Crippen LogP contribution in [0.15, 0.2) is 18.3 Å². The lowest BCUT2D eigenvalue weighted by Crippen LogP contribution is -2.35. The van der Waals surface area contributed by atoms with Gasteiger partial charge in [-0.05, 0) is 44.7 Å². The Morgan fingerprint density at radius 1 is 1.35 bits per heavy atom. The maximum absolute atomic E-state index is 5.50. The number of hydrogen-bond donors (Lipinski definition) is 0. The second kappa shape index (κ2) is 6.01. The standard InChI is InChI=1S/C14H22N2O/c1-3-17-11-13-6-8-16(9-7-13)14-5-4-12(2)15-10-14/h4-5,10,13H,3,6-9,11H2,1-2H3. The molecule has 2 heterocycles. The Morgan fingerprint density at radius 3 is 2.71 bits per heavy atom. The molecule has 0 bridgehead atoms. The van der Waals surface area contributed by atoms with Crippen LogP contribution in [0.1, 0.15) is 25.5 Å². The van der Waals surface area contributed by atoms with Gasteiger partial charge in [-0.3, -0.25) is 4.98 Å². The summed E-state index contributed by atoms with van der Waals surface area (Å²) in [6.07, 6.45) is 4.44. The van der Waals surface area contributed by atoms with Gasteiger partial charge < -0.3 is 9.64 Å². The predicted octanol–water partition coefficient (Wildman–Crippen LogP) is 2.64. The molecule has 0 aromatic carbocycles. The molecule has 1 saturated heterocycles. The van der Waals surface area contributed by atoms with E-state index in [4.69, 9.17) is 4.74 Å². The van der Waals surface area contributed by atoms with Gasteiger partial charge in [0.1, 0.15) is 0 Å². The van der Waals surface area contributed by atoms with E-state index in [9.17, 15) is 0 Å². The molecule has 0 amide bonds. The molecule has 1 aliphatic rings. The molecule has 17 heavy (non-hydrogen) atoms. The first-order valence-electron chi connectivity index (χ1n) is 6.55. The van der Waals surface area contributed by atoms with Crippen LogP contribution in [0, 0.1) is 12.8 Å². The highest BCUT2D eigenvalue weighted by molar-refractivity contribution is 5.44. The third-order valence-electron chi connectivity index (χ3n) is 3.43. The fourth-order valence-corrected chi connectivity index (χ4v) is 2.29. The smallest absolute Gasteiger partial charge is 0.0552 e. The van der Waals surface area contributed by atoms with E-state index in [1.807, 2.05) is 13.1 Å². The van der Waals surface area contributed by atoms with Crippen molar-refractivity contribution in [3.8, 4) is 0 Å². The molecule has 3 nitrogen and oxygen atoms in total. The molecule has 0 radical (unpaired) electrons. The predicted molar refractivity (Wildman–Crippen MR) is 70.4 cm³/mol. The maximum Gasteiger partial charge on any atom is 0.0552 e. The molecule has 0 spiro atoms. The van der Waals surface area contributed by atoms with Crippen molar-refractivity contribution in [3.05, 3.63) is 24.0 Å². The van der Waals surface area contributed by atoms with E-state index in [1.165, 1.54) is 18.5 Å². The molecule has 0 aliphatic carbocycles. The third kappa shape index (κ3) is 3.43. The van der Waals surface area contributed by atoms with Crippen LogP contribution >= 0.6 is 0 Å². The summed E-state index contributed by atoms with van der Waals surface area (Å²) >= 11 is 0. The highest BCUT2D eigenvalue weighted by atomic mass is 16.5. The lowest BCUT2D eigenvalue weighted by atomic mass is 9.97. The normalized spacial score (nSPS) is 17.4. The maximum atomic E-state index is 5.50. The minimum Gasteiger partial charge on any atom is -0.381 e. The van der Waals surface area contributed by atoms with Gasteiger partial charge in [-0.15, -0.1) is 0 Å². The Labute approximate surface area is 104 Å². The molecule has 0 unspecified atom stereocenters. The lowest BCUT2D eigenvalue weighted by molar-refractivity contribution is 0.100. The molecule has 1 aliphatic heterocycles. The molecule has 1 fully saturated rings. The highest BCUT2D eigenvalue weighted by Crippen LogP contribution is 2.22. The van der Waals surface area contributed by atoms with Crippen molar-refractivity contribution in [1.82, 2.24) is 4.98 Å². The van der Waals surface area contributed by atoms with Crippen LogP contribution in [0.25, 0.3) is 0 Å². The zero-order valence-corrected chi connectivity index (χ0v) is 10.9. The van der Waals surface area contributed by atoms with Gasteiger partial charge in [0.15, 0.2) is 0 Å². The van der Waals surface area contributed by atoms with Gasteiger partial charge in [0, 0.05) is 32.0 Å². The summed E-state index contributed by atoms with van der Waals surface area (Å²) in [5.41, 5.74) is 2.34. The van der Waals surface area contributed by atoms with E-state index in [0.29, 0.717) is 0 Å². The van der Waals surface area contributed by atoms with Crippen LogP contribution < -0.4 is 4.90 Å². The van der Waals surface area contributed by atoms with Crippen molar-refractivity contribution in [3.63, 3.8) is 0 Å². The summed E-state index contributed by atoms with van der Waals surface area (Å²) in [7, 11) is 0. The summed E-state index contributed by atoms with van der Waals surface area (Å²) in [4.78, 5) is 6.78. The van der Waals surface area contributed by atoms with Crippen LogP contribution in [0.4, 0.5) is 5.69 Å². The lowest BCUT2D eigenvalue weighted by Gasteiger charge is -2.33. The summed E-state index contributed by atoms with van der Waals surface area (Å²) in [6.45, 7) is 8.11. The summed E-state index contributed by atoms with van der Waals surface area (Å²) in [5.74, 6) is 0.740. The second-order valence-electron chi connectivity index (χ2n) is 4.75. The zero-order chi connectivity index (χ0) is 12.1. The van der Waals surface area contributed by atoms with Gasteiger partial charge in [-0.1, -0.05) is 0 Å². The molecular weight excluding hydrogens is 212 g/mol. The molecule has 1 aromatic rings. The van der Waals surface area contributed by atoms with Gasteiger partial charge in [-0.2, -0.15) is 0 Å². The molecule has 0 atom stereocenters. The minimum atomic E-state index is 0.740. The second-order valence-corrected chi connectivity index (χ2v) is 4.75. The average Bonchev–Trinajstić information content (AvgIpc) is 2.38. The van der Waals surface area contributed by atoms with Crippen molar-refractivity contribution in [1.29, 1.82) is 0 Å². The Bertz CT molecular complexity index is 329. The number of ether oxygens (including phenoxy) is 1. The van der Waals surface area contributed by atoms with Crippen LogP contribution in [0.5, 0.6) is 0 Å². The van der Waals surface area contributed by atoms with Crippen LogP contribution in [0.2, 0.25) is 0 Å². The van der Waals surface area contributed by atoms with Gasteiger partial charge >= 0.3 is 0 Å². The fourth-order valence-electron chi connectivity index (χ4n) is 2.29. The van der Waals surface area contributed by atoms with E-state index < -0.39 is 0 Å². The number of aryl methyl sites for hydroxylation is 1. The topological polar surface area (TPSA) is 25.4 Å². The van der Waals surface area contributed by atoms with E-state index >= 15 is 0 Å². The van der Waals surface area contributed by atoms with Crippen molar-refractivity contribution >= 4 is 5.69 Å². The molecule has 3 heteroatoms. The Kier molecular flexibility index (Phi) is 4.37. The zero-order valence-electron chi connectivity index (χ0n) is 10.9. The molecular formula is C14H22N2O. The minimum absolute atomic E-state index is 0.740. The van der Waals surface area contributed by atoms with Crippen LogP contribution in [-0.2, 0) is 4.74 Å². The number of rotatable bonds is 4. The highest BCUT2D eigenvalue weighted by Gasteiger charge is 2.19. The fraction of sp³-hybridized carbons (Fsp3) is 0.643. The van der Waals surface area contributed by atoms with Crippen molar-refractivity contribution < 1.29 is 4.74 Å². The summed E-state index contributed by atoms with van der Waals surface area (Å²) in [6, 6.07) is 4.26. The first kappa shape index (κ1) is 12.4. The Hall–Kier alpha value is -1.09. The van der Waals surface area contributed by atoms with Gasteiger partial charge in [0.2, 0.25) is 0 Å². The molecule has 0 N–H and O–H groups in total. The van der Waals surface area contributed by atoms with E-state index in [2.05, 4.69) is 28.9 Å². The van der Waals surface area contributed by atoms with Gasteiger partial charge in [0.05, 0.1) is 11.9 Å². The van der Waals surface area contributed by atoms with Gasteiger partial charge in [0.25, 0.3) is 0 Å². The van der Waals surface area contributed by atoms with E-state index in [0.717, 1.165) is 37.9 Å². The van der Waals surface area contributed by atoms with E-state index in [-0.39, 0.29) is 0 Å². The molecule has 0 saturated carbocycles. The first-order valence-corrected chi connectivity index (χ1v) is 6.55. The summed E-state index contributed by atoms with van der Waals surface area (Å²) in [5, 5.41) is 0. The number of nitrogens with zero attached hydrogens (tertiary/aromatic N) is 2. The third-order valence-corrected chi connectivity index (χ3v) is 3.43. The van der Waals surface area contributed by atoms with Crippen LogP contribution in [-0.4, -0.2) is 31.3 Å². The molecule has 2 rings (SSSR count). The monoisotopic (exact) mass is 234 g/mol. The quantitative estimate of drug-likeness (QED) is 0.801. The Morgan fingerprint density at radius 2 is 2.12 bits per heavy atom. The average molecular weight is 234 g/mol. The molecule has 1 aromatic heterocycles. The number of aromatic nitrogens is 1. The molecule has 94 valence electrons. The summed E-state index contributed by atoms with van der Waals surface area (Å²) < 4.78 is 5.50.